The van der Waals surface area contributed by atoms with E-state index in [-0.39, 0.29) is 28.2 Å². The molecule has 0 aliphatic heterocycles. The number of amides is 1. The van der Waals surface area contributed by atoms with Crippen LogP contribution in [0.4, 0.5) is 10.1 Å². The number of H-pyrrole nitrogens is 2. The molecule has 0 aliphatic rings. The normalized spacial score (nSPS) is 12.1. The van der Waals surface area contributed by atoms with Gasteiger partial charge in [0.2, 0.25) is 5.91 Å². The van der Waals surface area contributed by atoms with Crippen molar-refractivity contribution in [1.82, 2.24) is 15.0 Å². The number of carbonyl (C=O) groups excluding carboxylic acids is 1. The van der Waals surface area contributed by atoms with Crippen LogP contribution >= 0.6 is 0 Å². The maximum atomic E-state index is 15.1. The second kappa shape index (κ2) is 9.36. The molecule has 5 rings (SSSR count). The summed E-state index contributed by atoms with van der Waals surface area (Å²) >= 11 is 0. The van der Waals surface area contributed by atoms with Crippen LogP contribution in [-0.4, -0.2) is 26.9 Å². The van der Waals surface area contributed by atoms with Gasteiger partial charge in [0.15, 0.2) is 0 Å². The maximum absolute atomic E-state index is 15.1. The minimum atomic E-state index is -0.912. The maximum Gasteiger partial charge on any atom is 0.273 e. The number of imidazole rings is 1. The first kappa shape index (κ1) is 22.2. The highest BCUT2D eigenvalue weighted by molar-refractivity contribution is 5.96. The van der Waals surface area contributed by atoms with Crippen LogP contribution in [0.3, 0.4) is 0 Å². The summed E-state index contributed by atoms with van der Waals surface area (Å²) in [6.45, 7) is 0. The van der Waals surface area contributed by atoms with Crippen molar-refractivity contribution < 1.29 is 9.18 Å². The lowest BCUT2D eigenvalue weighted by molar-refractivity contribution is -0.117. The van der Waals surface area contributed by atoms with E-state index < -0.39 is 17.8 Å². The Morgan fingerprint density at radius 1 is 0.914 bits per heavy atom. The fraction of sp³-hybridized carbons (Fsp3) is 0.0741. The Kier molecular flexibility index (Phi) is 5.95. The minimum Gasteiger partial charge on any atom is -0.340 e. The van der Waals surface area contributed by atoms with Crippen LogP contribution in [0.2, 0.25) is 0 Å². The first-order valence-corrected chi connectivity index (χ1v) is 11.0. The third kappa shape index (κ3) is 4.34. The summed E-state index contributed by atoms with van der Waals surface area (Å²) in [6.07, 6.45) is 2.80. The summed E-state index contributed by atoms with van der Waals surface area (Å²) in [4.78, 5) is 34.5. The van der Waals surface area contributed by atoms with E-state index in [1.807, 2.05) is 60.7 Å². The molecule has 5 N–H and O–H groups in total. The molecule has 7 nitrogen and oxygen atoms in total. The number of fused-ring (bicyclic) bond motifs is 1. The van der Waals surface area contributed by atoms with Gasteiger partial charge < -0.3 is 21.0 Å². The van der Waals surface area contributed by atoms with E-state index in [0.29, 0.717) is 11.1 Å². The van der Waals surface area contributed by atoms with E-state index in [1.165, 1.54) is 24.7 Å². The number of rotatable bonds is 6. The number of carbonyl (C=O) groups is 1. The van der Waals surface area contributed by atoms with Crippen molar-refractivity contribution in [3.8, 4) is 11.1 Å². The number of hydrogen-bond donors (Lipinski definition) is 4. The van der Waals surface area contributed by atoms with Crippen molar-refractivity contribution in [2.24, 2.45) is 5.73 Å². The van der Waals surface area contributed by atoms with Crippen molar-refractivity contribution in [3.05, 3.63) is 119 Å². The Morgan fingerprint density at radius 2 is 1.57 bits per heavy atom. The number of aromatic amines is 2. The SMILES string of the molecule is NC(C(=O)Nc1ccc(-c2c[nH]c(=O)c3[nH]cnc23)c(F)c1)C(c1ccccc1)c1ccccc1. The van der Waals surface area contributed by atoms with Gasteiger partial charge in [0.25, 0.3) is 5.56 Å². The molecule has 2 heterocycles. The molecular weight excluding hydrogens is 445 g/mol. The highest BCUT2D eigenvalue weighted by Gasteiger charge is 2.28. The molecule has 0 saturated carbocycles. The Morgan fingerprint density at radius 3 is 2.20 bits per heavy atom. The van der Waals surface area contributed by atoms with Crippen LogP contribution in [0.5, 0.6) is 0 Å². The monoisotopic (exact) mass is 467 g/mol. The van der Waals surface area contributed by atoms with E-state index in [4.69, 9.17) is 5.73 Å². The van der Waals surface area contributed by atoms with Crippen LogP contribution in [0, 0.1) is 5.82 Å². The van der Waals surface area contributed by atoms with Crippen LogP contribution in [0.25, 0.3) is 22.2 Å². The lowest BCUT2D eigenvalue weighted by atomic mass is 9.85. The van der Waals surface area contributed by atoms with Gasteiger partial charge in [0.1, 0.15) is 16.9 Å². The third-order valence-electron chi connectivity index (χ3n) is 5.98. The largest absolute Gasteiger partial charge is 0.340 e. The molecule has 0 saturated heterocycles. The first-order valence-electron chi connectivity index (χ1n) is 11.0. The number of nitrogens with one attached hydrogen (secondary N) is 3. The summed E-state index contributed by atoms with van der Waals surface area (Å²) in [5.41, 5.74) is 9.49. The number of halogens is 1. The molecule has 0 radical (unpaired) electrons. The number of nitrogens with two attached hydrogens (primary N) is 1. The highest BCUT2D eigenvalue weighted by atomic mass is 19.1. The third-order valence-corrected chi connectivity index (χ3v) is 5.98. The number of benzene rings is 3. The van der Waals surface area contributed by atoms with Gasteiger partial charge in [0, 0.05) is 28.9 Å². The van der Waals surface area contributed by atoms with Crippen molar-refractivity contribution in [2.75, 3.05) is 5.32 Å². The Labute approximate surface area is 199 Å². The van der Waals surface area contributed by atoms with Gasteiger partial charge in [-0.2, -0.15) is 0 Å². The van der Waals surface area contributed by atoms with Crippen molar-refractivity contribution in [1.29, 1.82) is 0 Å². The highest BCUT2D eigenvalue weighted by Crippen LogP contribution is 2.30. The number of anilines is 1. The molecule has 1 atom stereocenters. The number of aromatic nitrogens is 3. The fourth-order valence-electron chi connectivity index (χ4n) is 4.27. The molecule has 1 unspecified atom stereocenters. The van der Waals surface area contributed by atoms with Crippen LogP contribution in [0.15, 0.2) is 96.2 Å². The zero-order valence-electron chi connectivity index (χ0n) is 18.5. The molecule has 8 heteroatoms. The van der Waals surface area contributed by atoms with E-state index in [0.717, 1.165) is 11.1 Å². The molecule has 0 spiro atoms. The molecule has 2 aromatic heterocycles. The van der Waals surface area contributed by atoms with Gasteiger partial charge in [-0.25, -0.2) is 9.37 Å². The van der Waals surface area contributed by atoms with Gasteiger partial charge in [-0.1, -0.05) is 60.7 Å². The standard InChI is InChI=1S/C27H22FN5O2/c28-21-13-18(11-12-19(21)20-14-30-27(35)25-24(20)31-15-32-25)33-26(34)23(29)22(16-7-3-1-4-8-16)17-9-5-2-6-10-17/h1-15,22-23H,29H2,(H,30,35)(H,31,32)(H,33,34). The molecular formula is C27H22FN5O2. The molecule has 1 amide bonds. The van der Waals surface area contributed by atoms with Crippen molar-refractivity contribution >= 4 is 22.6 Å². The van der Waals surface area contributed by atoms with E-state index in [1.54, 1.807) is 6.07 Å². The number of pyridine rings is 1. The van der Waals surface area contributed by atoms with E-state index >= 15 is 4.39 Å². The summed E-state index contributed by atoms with van der Waals surface area (Å²) in [6, 6.07) is 22.6. The second-order valence-corrected chi connectivity index (χ2v) is 8.17. The number of nitrogens with zero attached hydrogens (tertiary/aromatic N) is 1. The van der Waals surface area contributed by atoms with Gasteiger partial charge >= 0.3 is 0 Å². The number of hydrogen-bond acceptors (Lipinski definition) is 4. The van der Waals surface area contributed by atoms with Gasteiger partial charge in [0.05, 0.1) is 12.4 Å². The smallest absolute Gasteiger partial charge is 0.273 e. The lowest BCUT2D eigenvalue weighted by Gasteiger charge is -2.24. The predicted octanol–water partition coefficient (Wildman–Crippen LogP) is 4.16. The summed E-state index contributed by atoms with van der Waals surface area (Å²) in [5.74, 6) is -1.39. The lowest BCUT2D eigenvalue weighted by Crippen LogP contribution is -2.41. The minimum absolute atomic E-state index is 0.243. The average molecular weight is 468 g/mol. The molecule has 3 aromatic carbocycles. The first-order chi connectivity index (χ1) is 17.0. The van der Waals surface area contributed by atoms with Gasteiger partial charge in [-0.3, -0.25) is 9.59 Å². The molecule has 0 bridgehead atoms. The second-order valence-electron chi connectivity index (χ2n) is 8.17. The summed E-state index contributed by atoms with van der Waals surface area (Å²) in [7, 11) is 0. The zero-order chi connectivity index (χ0) is 24.4. The van der Waals surface area contributed by atoms with E-state index in [2.05, 4.69) is 20.3 Å². The molecule has 0 aliphatic carbocycles. The Balaban J connectivity index is 1.42. The fourth-order valence-corrected chi connectivity index (χ4v) is 4.27. The molecule has 174 valence electrons. The van der Waals surface area contributed by atoms with Crippen LogP contribution in [0.1, 0.15) is 17.0 Å². The topological polar surface area (TPSA) is 117 Å². The average Bonchev–Trinajstić information content (AvgIpc) is 3.37. The summed E-state index contributed by atoms with van der Waals surface area (Å²) in [5, 5.41) is 2.74. The van der Waals surface area contributed by atoms with Crippen molar-refractivity contribution in [3.63, 3.8) is 0 Å². The van der Waals surface area contributed by atoms with E-state index in [9.17, 15) is 9.59 Å². The molecule has 35 heavy (non-hydrogen) atoms. The Bertz CT molecular complexity index is 1510. The zero-order valence-corrected chi connectivity index (χ0v) is 18.5. The summed E-state index contributed by atoms with van der Waals surface area (Å²) < 4.78 is 15.1. The predicted molar refractivity (Wildman–Crippen MR) is 133 cm³/mol. The van der Waals surface area contributed by atoms with Crippen molar-refractivity contribution in [2.45, 2.75) is 12.0 Å². The Hall–Kier alpha value is -4.56. The van der Waals surface area contributed by atoms with Crippen LogP contribution in [-0.2, 0) is 4.79 Å². The van der Waals surface area contributed by atoms with Gasteiger partial charge in [-0.05, 0) is 29.3 Å². The quantitative estimate of drug-likeness (QED) is 0.300. The molecule has 5 aromatic rings. The molecule has 0 fully saturated rings. The van der Waals surface area contributed by atoms with Crippen LogP contribution < -0.4 is 16.6 Å². The van der Waals surface area contributed by atoms with Gasteiger partial charge in [-0.15, -0.1) is 0 Å².